The number of rotatable bonds is 2. The summed E-state index contributed by atoms with van der Waals surface area (Å²) in [5.41, 5.74) is 2.90. The molecule has 0 fully saturated rings. The summed E-state index contributed by atoms with van der Waals surface area (Å²) >= 11 is 0. The SMILES string of the molecule is CN(C)CC1[N]CCc2ccccc21. The largest absolute Gasteiger partial charge is 0.307 e. The van der Waals surface area contributed by atoms with Gasteiger partial charge in [-0.15, -0.1) is 0 Å². The number of hydrogen-bond acceptors (Lipinski definition) is 1. The molecule has 1 aromatic rings. The molecule has 1 aliphatic heterocycles. The second-order valence-corrected chi connectivity index (χ2v) is 4.13. The fourth-order valence-corrected chi connectivity index (χ4v) is 2.03. The van der Waals surface area contributed by atoms with Crippen molar-refractivity contribution < 1.29 is 0 Å². The van der Waals surface area contributed by atoms with Gasteiger partial charge in [-0.3, -0.25) is 0 Å². The second kappa shape index (κ2) is 4.11. The summed E-state index contributed by atoms with van der Waals surface area (Å²) in [6, 6.07) is 9.06. The zero-order valence-electron chi connectivity index (χ0n) is 8.90. The summed E-state index contributed by atoms with van der Waals surface area (Å²) in [5, 5.41) is 4.67. The maximum absolute atomic E-state index is 4.67. The van der Waals surface area contributed by atoms with Crippen LogP contribution in [0.4, 0.5) is 0 Å². The van der Waals surface area contributed by atoms with Crippen molar-refractivity contribution in [2.45, 2.75) is 12.5 Å². The van der Waals surface area contributed by atoms with Gasteiger partial charge in [0.2, 0.25) is 0 Å². The van der Waals surface area contributed by atoms with E-state index in [-0.39, 0.29) is 0 Å². The predicted molar refractivity (Wildman–Crippen MR) is 58.4 cm³/mol. The Hall–Kier alpha value is -0.860. The molecule has 1 aliphatic rings. The summed E-state index contributed by atoms with van der Waals surface area (Å²) in [5.74, 6) is 0. The first-order chi connectivity index (χ1) is 6.77. The highest BCUT2D eigenvalue weighted by molar-refractivity contribution is 5.32. The average molecular weight is 189 g/mol. The predicted octanol–water partition coefficient (Wildman–Crippen LogP) is 1.45. The van der Waals surface area contributed by atoms with Gasteiger partial charge in [-0.25, -0.2) is 5.32 Å². The Bertz CT molecular complexity index is 307. The van der Waals surface area contributed by atoms with Crippen LogP contribution < -0.4 is 5.32 Å². The fourth-order valence-electron chi connectivity index (χ4n) is 2.03. The number of benzene rings is 1. The van der Waals surface area contributed by atoms with Crippen LogP contribution in [0.15, 0.2) is 24.3 Å². The molecule has 1 heterocycles. The van der Waals surface area contributed by atoms with E-state index in [0.717, 1.165) is 19.5 Å². The van der Waals surface area contributed by atoms with Crippen LogP contribution in [0.25, 0.3) is 0 Å². The van der Waals surface area contributed by atoms with Gasteiger partial charge in [0.1, 0.15) is 0 Å². The smallest absolute Gasteiger partial charge is 0.0625 e. The zero-order chi connectivity index (χ0) is 9.97. The van der Waals surface area contributed by atoms with Gasteiger partial charge in [0.25, 0.3) is 0 Å². The van der Waals surface area contributed by atoms with Gasteiger partial charge in [-0.2, -0.15) is 0 Å². The lowest BCUT2D eigenvalue weighted by Gasteiger charge is -2.27. The Balaban J connectivity index is 2.22. The van der Waals surface area contributed by atoms with Gasteiger partial charge < -0.3 is 4.90 Å². The normalized spacial score (nSPS) is 20.9. The molecule has 75 valence electrons. The van der Waals surface area contributed by atoms with E-state index in [0.29, 0.717) is 6.04 Å². The topological polar surface area (TPSA) is 17.3 Å². The molecule has 0 bridgehead atoms. The highest BCUT2D eigenvalue weighted by Gasteiger charge is 2.20. The highest BCUT2D eigenvalue weighted by Crippen LogP contribution is 2.23. The van der Waals surface area contributed by atoms with Crippen molar-refractivity contribution in [2.24, 2.45) is 0 Å². The molecule has 0 N–H and O–H groups in total. The molecule has 0 aliphatic carbocycles. The molecule has 14 heavy (non-hydrogen) atoms. The van der Waals surface area contributed by atoms with Crippen LogP contribution >= 0.6 is 0 Å². The maximum atomic E-state index is 4.67. The van der Waals surface area contributed by atoms with Crippen LogP contribution in [0.3, 0.4) is 0 Å². The summed E-state index contributed by atoms with van der Waals surface area (Å²) in [7, 11) is 4.21. The third-order valence-electron chi connectivity index (χ3n) is 2.68. The minimum absolute atomic E-state index is 0.384. The fraction of sp³-hybridized carbons (Fsp3) is 0.500. The lowest BCUT2D eigenvalue weighted by Crippen LogP contribution is -2.31. The van der Waals surface area contributed by atoms with Gasteiger partial charge in [0.15, 0.2) is 0 Å². The second-order valence-electron chi connectivity index (χ2n) is 4.13. The van der Waals surface area contributed by atoms with Crippen LogP contribution in [0.1, 0.15) is 17.2 Å². The molecule has 0 aromatic heterocycles. The van der Waals surface area contributed by atoms with Crippen molar-refractivity contribution in [1.82, 2.24) is 10.2 Å². The molecule has 0 saturated carbocycles. The molecule has 0 spiro atoms. The van der Waals surface area contributed by atoms with E-state index in [9.17, 15) is 0 Å². The van der Waals surface area contributed by atoms with Crippen molar-refractivity contribution in [1.29, 1.82) is 0 Å². The number of likely N-dealkylation sites (N-methyl/N-ethyl adjacent to an activating group) is 1. The Kier molecular flexibility index (Phi) is 2.85. The van der Waals surface area contributed by atoms with Gasteiger partial charge in [0.05, 0.1) is 6.04 Å². The molecule has 2 heteroatoms. The molecule has 1 radical (unpaired) electrons. The summed E-state index contributed by atoms with van der Waals surface area (Å²) in [4.78, 5) is 2.20. The monoisotopic (exact) mass is 189 g/mol. The van der Waals surface area contributed by atoms with Crippen LogP contribution in [0, 0.1) is 0 Å². The standard InChI is InChI=1S/C12H17N2/c1-14(2)9-12-11-6-4-3-5-10(11)7-8-13-12/h3-6,12H,7-9H2,1-2H3. The Morgan fingerprint density at radius 1 is 1.36 bits per heavy atom. The first-order valence-electron chi connectivity index (χ1n) is 5.16. The van der Waals surface area contributed by atoms with Gasteiger partial charge in [0, 0.05) is 13.1 Å². The summed E-state index contributed by atoms with van der Waals surface area (Å²) in [6.07, 6.45) is 1.11. The third-order valence-corrected chi connectivity index (χ3v) is 2.68. The van der Waals surface area contributed by atoms with Crippen molar-refractivity contribution >= 4 is 0 Å². The average Bonchev–Trinajstić information content (AvgIpc) is 2.18. The minimum Gasteiger partial charge on any atom is -0.307 e. The summed E-state index contributed by atoms with van der Waals surface area (Å²) in [6.45, 7) is 2.01. The van der Waals surface area contributed by atoms with E-state index in [2.05, 4.69) is 48.6 Å². The van der Waals surface area contributed by atoms with E-state index in [4.69, 9.17) is 0 Å². The molecule has 1 unspecified atom stereocenters. The Labute approximate surface area is 85.9 Å². The molecule has 0 amide bonds. The van der Waals surface area contributed by atoms with Crippen LogP contribution in [0.2, 0.25) is 0 Å². The Morgan fingerprint density at radius 3 is 2.93 bits per heavy atom. The molecule has 2 rings (SSSR count). The van der Waals surface area contributed by atoms with Gasteiger partial charge >= 0.3 is 0 Å². The minimum atomic E-state index is 0.384. The van der Waals surface area contributed by atoms with Crippen molar-refractivity contribution in [3.05, 3.63) is 35.4 Å². The first-order valence-corrected chi connectivity index (χ1v) is 5.16. The molecule has 0 saturated heterocycles. The highest BCUT2D eigenvalue weighted by atomic mass is 15.1. The summed E-state index contributed by atoms with van der Waals surface area (Å²) < 4.78 is 0. The van der Waals surface area contributed by atoms with E-state index in [1.54, 1.807) is 0 Å². The third kappa shape index (κ3) is 1.97. The quantitative estimate of drug-likeness (QED) is 0.688. The maximum Gasteiger partial charge on any atom is 0.0625 e. The van der Waals surface area contributed by atoms with E-state index in [1.165, 1.54) is 11.1 Å². The van der Waals surface area contributed by atoms with E-state index < -0.39 is 0 Å². The van der Waals surface area contributed by atoms with Crippen molar-refractivity contribution in [3.8, 4) is 0 Å². The van der Waals surface area contributed by atoms with Gasteiger partial charge in [-0.1, -0.05) is 24.3 Å². The first kappa shape index (κ1) is 9.69. The molecular weight excluding hydrogens is 172 g/mol. The molecule has 2 nitrogen and oxygen atoms in total. The molecule has 1 aromatic carbocycles. The molecular formula is C12H17N2. The van der Waals surface area contributed by atoms with E-state index in [1.807, 2.05) is 0 Å². The van der Waals surface area contributed by atoms with Gasteiger partial charge in [-0.05, 0) is 31.6 Å². The number of nitrogens with zero attached hydrogens (tertiary/aromatic N) is 2. The number of hydrogen-bond donors (Lipinski definition) is 0. The lowest BCUT2D eigenvalue weighted by molar-refractivity contribution is 0.330. The molecule has 1 atom stereocenters. The van der Waals surface area contributed by atoms with Crippen LogP contribution in [-0.2, 0) is 6.42 Å². The Morgan fingerprint density at radius 2 is 2.14 bits per heavy atom. The lowest BCUT2D eigenvalue weighted by atomic mass is 9.94. The number of fused-ring (bicyclic) bond motifs is 1. The van der Waals surface area contributed by atoms with Crippen molar-refractivity contribution in [3.63, 3.8) is 0 Å². The van der Waals surface area contributed by atoms with Crippen LogP contribution in [0.5, 0.6) is 0 Å². The van der Waals surface area contributed by atoms with Crippen LogP contribution in [-0.4, -0.2) is 32.1 Å². The zero-order valence-corrected chi connectivity index (χ0v) is 8.90. The van der Waals surface area contributed by atoms with E-state index >= 15 is 0 Å². The van der Waals surface area contributed by atoms with Crippen molar-refractivity contribution in [2.75, 3.05) is 27.2 Å².